The van der Waals surface area contributed by atoms with E-state index in [0.29, 0.717) is 25.6 Å². The number of nitrogens with zero attached hydrogens (tertiary/aromatic N) is 1. The third kappa shape index (κ3) is 3.45. The highest BCUT2D eigenvalue weighted by Crippen LogP contribution is 2.28. The molecule has 22 heavy (non-hydrogen) atoms. The van der Waals surface area contributed by atoms with E-state index in [-0.39, 0.29) is 17.9 Å². The van der Waals surface area contributed by atoms with Crippen molar-refractivity contribution in [2.75, 3.05) is 13.1 Å². The molecule has 1 saturated carbocycles. The van der Waals surface area contributed by atoms with Crippen molar-refractivity contribution in [3.8, 4) is 0 Å². The molecule has 1 unspecified atom stereocenters. The second kappa shape index (κ2) is 7.44. The normalized spacial score (nSPS) is 23.9. The summed E-state index contributed by atoms with van der Waals surface area (Å²) in [5.74, 6) is 0.215. The number of rotatable bonds is 6. The van der Waals surface area contributed by atoms with Crippen LogP contribution < -0.4 is 11.1 Å². The summed E-state index contributed by atoms with van der Waals surface area (Å²) >= 11 is 0. The van der Waals surface area contributed by atoms with Crippen LogP contribution in [-0.4, -0.2) is 41.9 Å². The standard InChI is InChI=1S/C17H31N3O2/c1-3-17(4-2,12-18)16(22)19-13-10-15(21)20(11-13)14-8-6-5-7-9-14/h13-14H,3-12,18H2,1-2H3,(H,19,22). The Labute approximate surface area is 134 Å². The Kier molecular flexibility index (Phi) is 5.84. The molecule has 1 aliphatic heterocycles. The minimum atomic E-state index is -0.485. The smallest absolute Gasteiger partial charge is 0.227 e. The highest BCUT2D eigenvalue weighted by atomic mass is 16.2. The lowest BCUT2D eigenvalue weighted by molar-refractivity contribution is -0.131. The summed E-state index contributed by atoms with van der Waals surface area (Å²) < 4.78 is 0. The molecule has 0 spiro atoms. The molecule has 126 valence electrons. The maximum atomic E-state index is 12.6. The van der Waals surface area contributed by atoms with Gasteiger partial charge in [-0.2, -0.15) is 0 Å². The minimum Gasteiger partial charge on any atom is -0.351 e. The summed E-state index contributed by atoms with van der Waals surface area (Å²) in [5.41, 5.74) is 5.35. The summed E-state index contributed by atoms with van der Waals surface area (Å²) in [5, 5.41) is 3.09. The second-order valence-electron chi connectivity index (χ2n) is 6.90. The van der Waals surface area contributed by atoms with Gasteiger partial charge in [0, 0.05) is 25.6 Å². The molecular weight excluding hydrogens is 278 g/mol. The van der Waals surface area contributed by atoms with Crippen LogP contribution in [0.5, 0.6) is 0 Å². The Morgan fingerprint density at radius 2 is 1.91 bits per heavy atom. The molecule has 2 amide bonds. The Hall–Kier alpha value is -1.10. The number of carbonyl (C=O) groups is 2. The predicted molar refractivity (Wildman–Crippen MR) is 87.2 cm³/mol. The maximum Gasteiger partial charge on any atom is 0.227 e. The van der Waals surface area contributed by atoms with Gasteiger partial charge in [0.2, 0.25) is 11.8 Å². The fraction of sp³-hybridized carbons (Fsp3) is 0.882. The summed E-state index contributed by atoms with van der Waals surface area (Å²) in [6, 6.07) is 0.339. The van der Waals surface area contributed by atoms with E-state index in [1.165, 1.54) is 19.3 Å². The van der Waals surface area contributed by atoms with Gasteiger partial charge in [-0.05, 0) is 25.7 Å². The van der Waals surface area contributed by atoms with Crippen LogP contribution in [0.15, 0.2) is 0 Å². The van der Waals surface area contributed by atoms with Crippen molar-refractivity contribution < 1.29 is 9.59 Å². The van der Waals surface area contributed by atoms with Crippen LogP contribution in [0.2, 0.25) is 0 Å². The molecule has 0 bridgehead atoms. The lowest BCUT2D eigenvalue weighted by atomic mass is 9.81. The molecule has 5 nitrogen and oxygen atoms in total. The lowest BCUT2D eigenvalue weighted by Gasteiger charge is -2.32. The van der Waals surface area contributed by atoms with E-state index in [1.807, 2.05) is 18.7 Å². The molecule has 2 fully saturated rings. The second-order valence-corrected chi connectivity index (χ2v) is 6.90. The molecule has 0 aromatic rings. The molecule has 1 aliphatic carbocycles. The van der Waals surface area contributed by atoms with E-state index >= 15 is 0 Å². The quantitative estimate of drug-likeness (QED) is 0.785. The van der Waals surface area contributed by atoms with E-state index < -0.39 is 5.41 Å². The third-order valence-electron chi connectivity index (χ3n) is 5.74. The van der Waals surface area contributed by atoms with Crippen LogP contribution in [0.4, 0.5) is 0 Å². The van der Waals surface area contributed by atoms with Crippen molar-refractivity contribution >= 4 is 11.8 Å². The first-order chi connectivity index (χ1) is 10.6. The number of amides is 2. The number of hydrogen-bond acceptors (Lipinski definition) is 3. The molecule has 3 N–H and O–H groups in total. The van der Waals surface area contributed by atoms with Crippen molar-refractivity contribution in [3.05, 3.63) is 0 Å². The molecule has 0 aromatic carbocycles. The van der Waals surface area contributed by atoms with E-state index in [1.54, 1.807) is 0 Å². The van der Waals surface area contributed by atoms with Gasteiger partial charge in [-0.25, -0.2) is 0 Å². The molecule has 0 radical (unpaired) electrons. The van der Waals surface area contributed by atoms with Crippen molar-refractivity contribution in [2.45, 2.75) is 77.3 Å². The van der Waals surface area contributed by atoms with E-state index in [9.17, 15) is 9.59 Å². The lowest BCUT2D eigenvalue weighted by Crippen LogP contribution is -2.49. The highest BCUT2D eigenvalue weighted by Gasteiger charge is 2.39. The van der Waals surface area contributed by atoms with Crippen molar-refractivity contribution in [2.24, 2.45) is 11.1 Å². The Morgan fingerprint density at radius 1 is 1.27 bits per heavy atom. The summed E-state index contributed by atoms with van der Waals surface area (Å²) in [4.78, 5) is 26.9. The van der Waals surface area contributed by atoms with Crippen LogP contribution in [0.1, 0.15) is 65.2 Å². The van der Waals surface area contributed by atoms with Gasteiger partial charge in [-0.1, -0.05) is 33.1 Å². The molecule has 1 saturated heterocycles. The Balaban J connectivity index is 1.94. The largest absolute Gasteiger partial charge is 0.351 e. The van der Waals surface area contributed by atoms with Gasteiger partial charge in [0.1, 0.15) is 0 Å². The molecule has 0 aromatic heterocycles. The van der Waals surface area contributed by atoms with Gasteiger partial charge in [0.15, 0.2) is 0 Å². The topological polar surface area (TPSA) is 75.4 Å². The summed E-state index contributed by atoms with van der Waals surface area (Å²) in [6.45, 7) is 5.04. The molecule has 5 heteroatoms. The van der Waals surface area contributed by atoms with Gasteiger partial charge >= 0.3 is 0 Å². The number of nitrogens with one attached hydrogen (secondary N) is 1. The van der Waals surface area contributed by atoms with Gasteiger partial charge in [-0.15, -0.1) is 0 Å². The van der Waals surface area contributed by atoms with Crippen LogP contribution in [0, 0.1) is 5.41 Å². The zero-order valence-electron chi connectivity index (χ0n) is 14.1. The number of nitrogens with two attached hydrogens (primary N) is 1. The average Bonchev–Trinajstić information content (AvgIpc) is 2.91. The predicted octanol–water partition coefficient (Wildman–Crippen LogP) is 1.80. The SMILES string of the molecule is CCC(CC)(CN)C(=O)NC1CC(=O)N(C2CCCCC2)C1. The van der Waals surface area contributed by atoms with Crippen molar-refractivity contribution in [1.82, 2.24) is 10.2 Å². The van der Waals surface area contributed by atoms with Crippen LogP contribution in [-0.2, 0) is 9.59 Å². The maximum absolute atomic E-state index is 12.6. The van der Waals surface area contributed by atoms with Gasteiger partial charge in [-0.3, -0.25) is 9.59 Å². The number of carbonyl (C=O) groups excluding carboxylic acids is 2. The van der Waals surface area contributed by atoms with Crippen LogP contribution in [0.3, 0.4) is 0 Å². The first-order valence-electron chi connectivity index (χ1n) is 8.86. The molecule has 1 atom stereocenters. The highest BCUT2D eigenvalue weighted by molar-refractivity contribution is 5.85. The zero-order chi connectivity index (χ0) is 16.2. The zero-order valence-corrected chi connectivity index (χ0v) is 14.1. The van der Waals surface area contributed by atoms with Crippen LogP contribution >= 0.6 is 0 Å². The van der Waals surface area contributed by atoms with Gasteiger partial charge in [0.25, 0.3) is 0 Å². The Bertz CT molecular complexity index is 392. The van der Waals surface area contributed by atoms with Crippen molar-refractivity contribution in [1.29, 1.82) is 0 Å². The molecule has 1 heterocycles. The van der Waals surface area contributed by atoms with E-state index in [0.717, 1.165) is 25.7 Å². The first-order valence-corrected chi connectivity index (χ1v) is 8.86. The van der Waals surface area contributed by atoms with Crippen LogP contribution in [0.25, 0.3) is 0 Å². The van der Waals surface area contributed by atoms with E-state index in [4.69, 9.17) is 5.73 Å². The van der Waals surface area contributed by atoms with Gasteiger partial charge in [0.05, 0.1) is 11.5 Å². The fourth-order valence-corrected chi connectivity index (χ4v) is 3.86. The summed E-state index contributed by atoms with van der Waals surface area (Å²) in [7, 11) is 0. The minimum absolute atomic E-state index is 0.0169. The monoisotopic (exact) mass is 309 g/mol. The molecule has 2 rings (SSSR count). The first kappa shape index (κ1) is 17.3. The average molecular weight is 309 g/mol. The van der Waals surface area contributed by atoms with Gasteiger partial charge < -0.3 is 16.0 Å². The van der Waals surface area contributed by atoms with Crippen molar-refractivity contribution in [3.63, 3.8) is 0 Å². The number of hydrogen-bond donors (Lipinski definition) is 2. The fourth-order valence-electron chi connectivity index (χ4n) is 3.86. The third-order valence-corrected chi connectivity index (χ3v) is 5.74. The Morgan fingerprint density at radius 3 is 2.45 bits per heavy atom. The summed E-state index contributed by atoms with van der Waals surface area (Å²) in [6.07, 6.45) is 7.85. The number of likely N-dealkylation sites (tertiary alicyclic amines) is 1. The van der Waals surface area contributed by atoms with E-state index in [2.05, 4.69) is 5.32 Å². The molecule has 2 aliphatic rings. The molecular formula is C17H31N3O2.